The highest BCUT2D eigenvalue weighted by molar-refractivity contribution is 8.14. The van der Waals surface area contributed by atoms with Gasteiger partial charge in [0.15, 0.2) is 10.9 Å². The number of Topliss-reactive ketones (excluding diaryl/α,β-unsaturated/α-hetero) is 1. The van der Waals surface area contributed by atoms with E-state index >= 15 is 0 Å². The third kappa shape index (κ3) is 7.71. The van der Waals surface area contributed by atoms with Crippen molar-refractivity contribution in [2.75, 3.05) is 44.2 Å². The van der Waals surface area contributed by atoms with Gasteiger partial charge in [0, 0.05) is 67.9 Å². The fraction of sp³-hybridized carbons (Fsp3) is 0.583. The lowest BCUT2D eigenvalue weighted by atomic mass is 9.93. The van der Waals surface area contributed by atoms with Crippen LogP contribution in [0.1, 0.15) is 37.8 Å². The number of nitrogens with zero attached hydrogens (tertiary/aromatic N) is 2. The maximum Gasteiger partial charge on any atom is 0.186 e. The molecule has 2 unspecified atom stereocenters. The van der Waals surface area contributed by atoms with Crippen LogP contribution in [0.3, 0.4) is 0 Å². The maximum atomic E-state index is 14.7. The molecule has 1 saturated carbocycles. The monoisotopic (exact) mass is 534 g/mol. The summed E-state index contributed by atoms with van der Waals surface area (Å²) in [4.78, 5) is 29.7. The van der Waals surface area contributed by atoms with Gasteiger partial charge in [-0.05, 0) is 30.9 Å². The second-order valence-electron chi connectivity index (χ2n) is 8.65. The lowest BCUT2D eigenvalue weighted by Gasteiger charge is -2.39. The lowest BCUT2D eigenvalue weighted by Crippen LogP contribution is -2.43. The van der Waals surface area contributed by atoms with Crippen LogP contribution in [0.15, 0.2) is 35.9 Å². The van der Waals surface area contributed by atoms with Gasteiger partial charge in [0.2, 0.25) is 0 Å². The van der Waals surface area contributed by atoms with E-state index < -0.39 is 6.04 Å². The highest BCUT2D eigenvalue weighted by atomic mass is 35.5. The van der Waals surface area contributed by atoms with Crippen LogP contribution in [0, 0.1) is 11.7 Å². The van der Waals surface area contributed by atoms with Gasteiger partial charge in [-0.3, -0.25) is 19.4 Å². The Bertz CT molecular complexity index is 848. The fourth-order valence-corrected chi connectivity index (χ4v) is 6.41. The molecular weight excluding hydrogens is 502 g/mol. The van der Waals surface area contributed by atoms with Crippen LogP contribution >= 0.6 is 48.3 Å². The fourth-order valence-electron chi connectivity index (χ4n) is 4.48. The molecule has 1 aromatic rings. The summed E-state index contributed by atoms with van der Waals surface area (Å²) in [6, 6.07) is 6.16. The van der Waals surface area contributed by atoms with E-state index in [-0.39, 0.29) is 52.7 Å². The van der Waals surface area contributed by atoms with Crippen molar-refractivity contribution in [1.29, 1.82) is 0 Å². The number of thioether (sulfide) groups is 2. The van der Waals surface area contributed by atoms with Crippen LogP contribution in [0.5, 0.6) is 0 Å². The van der Waals surface area contributed by atoms with Crippen molar-refractivity contribution >= 4 is 59.2 Å². The lowest BCUT2D eigenvalue weighted by molar-refractivity contribution is -0.126. The molecule has 9 heteroatoms. The van der Waals surface area contributed by atoms with Crippen molar-refractivity contribution in [1.82, 2.24) is 9.80 Å². The van der Waals surface area contributed by atoms with Gasteiger partial charge < -0.3 is 0 Å². The molecule has 1 aliphatic carbocycles. The van der Waals surface area contributed by atoms with E-state index in [1.54, 1.807) is 19.1 Å². The third-order valence-electron chi connectivity index (χ3n) is 6.32. The second-order valence-corrected chi connectivity index (χ2v) is 11.3. The van der Waals surface area contributed by atoms with Gasteiger partial charge in [0.1, 0.15) is 5.82 Å². The summed E-state index contributed by atoms with van der Waals surface area (Å²) in [5, 5.41) is 0.267. The van der Waals surface area contributed by atoms with Crippen molar-refractivity contribution in [3.05, 3.63) is 47.3 Å². The topological polar surface area (TPSA) is 40.6 Å². The molecule has 2 aliphatic heterocycles. The number of hydrogen-bond acceptors (Lipinski definition) is 6. The summed E-state index contributed by atoms with van der Waals surface area (Å²) < 4.78 is 14.7. The Kier molecular flexibility index (Phi) is 11.7. The van der Waals surface area contributed by atoms with E-state index in [1.807, 2.05) is 17.8 Å². The van der Waals surface area contributed by atoms with E-state index in [0.717, 1.165) is 50.4 Å². The second kappa shape index (κ2) is 13.5. The Morgan fingerprint density at radius 3 is 2.48 bits per heavy atom. The summed E-state index contributed by atoms with van der Waals surface area (Å²) in [7, 11) is 0. The molecule has 3 fully saturated rings. The van der Waals surface area contributed by atoms with Crippen LogP contribution in [0.4, 0.5) is 4.39 Å². The van der Waals surface area contributed by atoms with E-state index in [9.17, 15) is 14.0 Å². The molecule has 4 nitrogen and oxygen atoms in total. The number of benzene rings is 1. The van der Waals surface area contributed by atoms with Gasteiger partial charge in [-0.25, -0.2) is 4.39 Å². The van der Waals surface area contributed by atoms with Crippen LogP contribution < -0.4 is 0 Å². The molecule has 2 heterocycles. The van der Waals surface area contributed by atoms with Gasteiger partial charge in [0.05, 0.1) is 6.04 Å². The summed E-state index contributed by atoms with van der Waals surface area (Å²) in [6.45, 7) is 5.97. The Hall–Kier alpha value is -0.570. The number of ketones is 1. The van der Waals surface area contributed by atoms with Gasteiger partial charge in [-0.15, -0.1) is 24.8 Å². The molecule has 1 aromatic carbocycles. The molecule has 2 atom stereocenters. The minimum atomic E-state index is -0.535. The van der Waals surface area contributed by atoms with E-state index in [2.05, 4.69) is 15.9 Å². The quantitative estimate of drug-likeness (QED) is 0.457. The third-order valence-corrected chi connectivity index (χ3v) is 8.41. The zero-order valence-corrected chi connectivity index (χ0v) is 22.2. The minimum absolute atomic E-state index is 0. The number of halogens is 3. The predicted molar refractivity (Wildman–Crippen MR) is 141 cm³/mol. The molecule has 33 heavy (non-hydrogen) atoms. The first-order chi connectivity index (χ1) is 15.0. The Balaban J connectivity index is 0.00000193. The highest BCUT2D eigenvalue weighted by Crippen LogP contribution is 2.40. The van der Waals surface area contributed by atoms with Crippen molar-refractivity contribution in [3.8, 4) is 0 Å². The molecular formula is C24H33Cl2FN2O2S2. The van der Waals surface area contributed by atoms with Crippen LogP contribution in [-0.2, 0) is 9.59 Å². The molecule has 0 radical (unpaired) electrons. The molecule has 184 valence electrons. The molecule has 3 aliphatic rings. The summed E-state index contributed by atoms with van der Waals surface area (Å²) in [5.41, 5.74) is 1.69. The van der Waals surface area contributed by atoms with Crippen LogP contribution in [-0.4, -0.2) is 70.2 Å². The SMILES string of the molecule is CC(=O)SC1CCN(C(C(=O)C2CC2)c2ccccc2F)CC1=CCN1CCSCC1.Cl.Cl. The molecule has 0 amide bonds. The molecule has 4 rings (SSSR count). The van der Waals surface area contributed by atoms with Gasteiger partial charge >= 0.3 is 0 Å². The normalized spacial score (nSPS) is 23.9. The first-order valence-electron chi connectivity index (χ1n) is 11.2. The molecule has 0 bridgehead atoms. The largest absolute Gasteiger partial charge is 0.298 e. The molecule has 2 saturated heterocycles. The van der Waals surface area contributed by atoms with Crippen molar-refractivity contribution in [3.63, 3.8) is 0 Å². The zero-order chi connectivity index (χ0) is 21.8. The van der Waals surface area contributed by atoms with E-state index in [1.165, 1.54) is 23.4 Å². The van der Waals surface area contributed by atoms with Gasteiger partial charge in [-0.2, -0.15) is 11.8 Å². The van der Waals surface area contributed by atoms with E-state index in [4.69, 9.17) is 0 Å². The van der Waals surface area contributed by atoms with Crippen molar-refractivity contribution in [2.45, 2.75) is 37.5 Å². The standard InChI is InChI=1S/C24H31FN2O2S2.2ClH/c1-17(28)31-22-9-11-27(16-19(22)8-10-26-12-14-30-15-13-26)23(24(29)18-6-7-18)20-4-2-3-5-21(20)25;;/h2-5,8,18,22-23H,6-7,9-16H2,1H3;2*1H. The smallest absolute Gasteiger partial charge is 0.186 e. The molecule has 0 N–H and O–H groups in total. The Morgan fingerprint density at radius 2 is 1.85 bits per heavy atom. The highest BCUT2D eigenvalue weighted by Gasteiger charge is 2.41. The first kappa shape index (κ1) is 28.7. The number of likely N-dealkylation sites (tertiary alicyclic amines) is 1. The summed E-state index contributed by atoms with van der Waals surface area (Å²) in [5.74, 6) is 2.22. The maximum absolute atomic E-state index is 14.7. The first-order valence-corrected chi connectivity index (χ1v) is 13.2. The number of rotatable bonds is 7. The number of carbonyl (C=O) groups is 2. The van der Waals surface area contributed by atoms with Crippen molar-refractivity contribution < 1.29 is 14.0 Å². The Morgan fingerprint density at radius 1 is 1.15 bits per heavy atom. The van der Waals surface area contributed by atoms with Gasteiger partial charge in [0.25, 0.3) is 0 Å². The average Bonchev–Trinajstić information content (AvgIpc) is 3.61. The number of carbonyl (C=O) groups excluding carboxylic acids is 2. The summed E-state index contributed by atoms with van der Waals surface area (Å²) >= 11 is 3.39. The summed E-state index contributed by atoms with van der Waals surface area (Å²) in [6.07, 6.45) is 4.89. The molecule has 0 aromatic heterocycles. The van der Waals surface area contributed by atoms with Crippen molar-refractivity contribution in [2.24, 2.45) is 5.92 Å². The zero-order valence-electron chi connectivity index (χ0n) is 18.9. The van der Waals surface area contributed by atoms with Gasteiger partial charge in [-0.1, -0.05) is 36.0 Å². The average molecular weight is 536 g/mol. The number of hydrogen-bond donors (Lipinski definition) is 0. The predicted octanol–water partition coefficient (Wildman–Crippen LogP) is 5.02. The van der Waals surface area contributed by atoms with Crippen LogP contribution in [0.25, 0.3) is 0 Å². The number of piperidine rings is 1. The minimum Gasteiger partial charge on any atom is -0.298 e. The van der Waals surface area contributed by atoms with E-state index in [0.29, 0.717) is 18.7 Å². The molecule has 0 spiro atoms. The van der Waals surface area contributed by atoms with Crippen LogP contribution in [0.2, 0.25) is 0 Å². The Labute approximate surface area is 217 Å².